The summed E-state index contributed by atoms with van der Waals surface area (Å²) in [5.74, 6) is -0.192. The van der Waals surface area contributed by atoms with E-state index in [2.05, 4.69) is 4.98 Å². The first-order chi connectivity index (χ1) is 9.29. The topological polar surface area (TPSA) is 55.6 Å². The van der Waals surface area contributed by atoms with Gasteiger partial charge in [0.25, 0.3) is 6.01 Å². The van der Waals surface area contributed by atoms with Crippen molar-refractivity contribution in [2.45, 2.75) is 25.8 Å². The monoisotopic (exact) mass is 260 g/mol. The minimum absolute atomic E-state index is 0.192. The van der Waals surface area contributed by atoms with Crippen molar-refractivity contribution < 1.29 is 13.9 Å². The molecular formula is C14H16N2O3. The average Bonchev–Trinajstić information content (AvgIpc) is 3.05. The largest absolute Gasteiger partial charge is 0.464 e. The molecule has 3 rings (SSSR count). The third kappa shape index (κ3) is 2.16. The summed E-state index contributed by atoms with van der Waals surface area (Å²) in [6.07, 6.45) is 1.74. The Morgan fingerprint density at radius 1 is 1.53 bits per heavy atom. The van der Waals surface area contributed by atoms with Crippen LogP contribution in [0.5, 0.6) is 0 Å². The first-order valence-electron chi connectivity index (χ1n) is 6.58. The quantitative estimate of drug-likeness (QED) is 0.793. The van der Waals surface area contributed by atoms with Crippen LogP contribution in [0.3, 0.4) is 0 Å². The lowest BCUT2D eigenvalue weighted by Crippen LogP contribution is -2.37. The minimum atomic E-state index is -0.270. The fourth-order valence-electron chi connectivity index (χ4n) is 2.46. The molecule has 2 heterocycles. The molecule has 0 radical (unpaired) electrons. The van der Waals surface area contributed by atoms with Crippen molar-refractivity contribution in [3.63, 3.8) is 0 Å². The van der Waals surface area contributed by atoms with Crippen LogP contribution in [0, 0.1) is 0 Å². The Bertz CT molecular complexity index is 560. The lowest BCUT2D eigenvalue weighted by atomic mass is 10.2. The summed E-state index contributed by atoms with van der Waals surface area (Å²) in [6, 6.07) is 7.84. The zero-order chi connectivity index (χ0) is 13.2. The molecule has 19 heavy (non-hydrogen) atoms. The van der Waals surface area contributed by atoms with Crippen molar-refractivity contribution >= 4 is 23.1 Å². The highest BCUT2D eigenvalue weighted by molar-refractivity contribution is 5.81. The van der Waals surface area contributed by atoms with Gasteiger partial charge in [0.15, 0.2) is 5.58 Å². The van der Waals surface area contributed by atoms with Crippen molar-refractivity contribution in [3.8, 4) is 0 Å². The standard InChI is InChI=1S/C14H16N2O3/c1-2-18-13(17)11-7-5-9-16(11)14-15-10-6-3-4-8-12(10)19-14/h3-4,6,8,11H,2,5,7,9H2,1H3. The zero-order valence-electron chi connectivity index (χ0n) is 10.8. The Balaban J connectivity index is 1.89. The number of oxazole rings is 1. The molecule has 0 aliphatic carbocycles. The van der Waals surface area contributed by atoms with E-state index in [1.165, 1.54) is 0 Å². The van der Waals surface area contributed by atoms with Crippen molar-refractivity contribution in [1.29, 1.82) is 0 Å². The molecule has 5 heteroatoms. The van der Waals surface area contributed by atoms with Crippen LogP contribution in [0.15, 0.2) is 28.7 Å². The van der Waals surface area contributed by atoms with E-state index in [4.69, 9.17) is 9.15 Å². The van der Waals surface area contributed by atoms with Gasteiger partial charge in [-0.1, -0.05) is 12.1 Å². The van der Waals surface area contributed by atoms with Gasteiger partial charge in [-0.25, -0.2) is 4.79 Å². The van der Waals surface area contributed by atoms with E-state index in [0.29, 0.717) is 12.6 Å². The predicted octanol–water partition coefficient (Wildman–Crippen LogP) is 2.36. The Morgan fingerprint density at radius 2 is 2.37 bits per heavy atom. The molecule has 1 atom stereocenters. The normalized spacial score (nSPS) is 19.0. The van der Waals surface area contributed by atoms with Crippen LogP contribution >= 0.6 is 0 Å². The number of ether oxygens (including phenoxy) is 1. The molecule has 1 aliphatic rings. The average molecular weight is 260 g/mol. The van der Waals surface area contributed by atoms with E-state index in [1.54, 1.807) is 0 Å². The predicted molar refractivity (Wildman–Crippen MR) is 71.0 cm³/mol. The van der Waals surface area contributed by atoms with Gasteiger partial charge in [-0.3, -0.25) is 0 Å². The van der Waals surface area contributed by atoms with Crippen LogP contribution in [-0.2, 0) is 9.53 Å². The summed E-state index contributed by atoms with van der Waals surface area (Å²) >= 11 is 0. The fraction of sp³-hybridized carbons (Fsp3) is 0.429. The van der Waals surface area contributed by atoms with Gasteiger partial charge >= 0.3 is 5.97 Å². The molecular weight excluding hydrogens is 244 g/mol. The SMILES string of the molecule is CCOC(=O)C1CCCN1c1nc2ccccc2o1. The van der Waals surface area contributed by atoms with E-state index in [-0.39, 0.29) is 12.0 Å². The first-order valence-corrected chi connectivity index (χ1v) is 6.58. The van der Waals surface area contributed by atoms with Gasteiger partial charge in [-0.05, 0) is 31.9 Å². The minimum Gasteiger partial charge on any atom is -0.464 e. The number of esters is 1. The third-order valence-electron chi connectivity index (χ3n) is 3.34. The van der Waals surface area contributed by atoms with Gasteiger partial charge in [0.2, 0.25) is 0 Å². The van der Waals surface area contributed by atoms with Gasteiger partial charge < -0.3 is 14.1 Å². The Hall–Kier alpha value is -2.04. The number of para-hydroxylation sites is 2. The number of anilines is 1. The van der Waals surface area contributed by atoms with Crippen molar-refractivity contribution in [1.82, 2.24) is 4.98 Å². The van der Waals surface area contributed by atoms with Crippen molar-refractivity contribution in [3.05, 3.63) is 24.3 Å². The van der Waals surface area contributed by atoms with Crippen LogP contribution < -0.4 is 4.90 Å². The molecule has 5 nitrogen and oxygen atoms in total. The lowest BCUT2D eigenvalue weighted by molar-refractivity contribution is -0.144. The van der Waals surface area contributed by atoms with Crippen LogP contribution in [0.1, 0.15) is 19.8 Å². The molecule has 0 saturated carbocycles. The number of hydrogen-bond donors (Lipinski definition) is 0. The fourth-order valence-corrected chi connectivity index (χ4v) is 2.46. The molecule has 100 valence electrons. The molecule has 2 aromatic rings. The second-order valence-electron chi connectivity index (χ2n) is 4.57. The van der Waals surface area contributed by atoms with Crippen LogP contribution in [0.2, 0.25) is 0 Å². The molecule has 0 spiro atoms. The molecule has 1 aliphatic heterocycles. The summed E-state index contributed by atoms with van der Waals surface area (Å²) in [7, 11) is 0. The summed E-state index contributed by atoms with van der Waals surface area (Å²) in [6.45, 7) is 2.99. The lowest BCUT2D eigenvalue weighted by Gasteiger charge is -2.20. The van der Waals surface area contributed by atoms with Crippen molar-refractivity contribution in [2.24, 2.45) is 0 Å². The summed E-state index contributed by atoms with van der Waals surface area (Å²) < 4.78 is 10.8. The third-order valence-corrected chi connectivity index (χ3v) is 3.34. The molecule has 0 amide bonds. The number of hydrogen-bond acceptors (Lipinski definition) is 5. The number of nitrogens with zero attached hydrogens (tertiary/aromatic N) is 2. The van der Waals surface area contributed by atoms with E-state index in [1.807, 2.05) is 36.1 Å². The van der Waals surface area contributed by atoms with Gasteiger partial charge in [0, 0.05) is 6.54 Å². The summed E-state index contributed by atoms with van der Waals surface area (Å²) in [5, 5.41) is 0. The van der Waals surface area contributed by atoms with Crippen LogP contribution in [0.4, 0.5) is 6.01 Å². The van der Waals surface area contributed by atoms with Crippen LogP contribution in [0.25, 0.3) is 11.1 Å². The van der Waals surface area contributed by atoms with Gasteiger partial charge in [0.05, 0.1) is 6.61 Å². The highest BCUT2D eigenvalue weighted by atomic mass is 16.5. The zero-order valence-corrected chi connectivity index (χ0v) is 10.8. The Kier molecular flexibility index (Phi) is 3.11. The van der Waals surface area contributed by atoms with Gasteiger partial charge in [-0.2, -0.15) is 4.98 Å². The van der Waals surface area contributed by atoms with Gasteiger partial charge in [0.1, 0.15) is 11.6 Å². The number of rotatable bonds is 3. The first kappa shape index (κ1) is 12.0. The maximum absolute atomic E-state index is 11.9. The Labute approximate surface area is 111 Å². The summed E-state index contributed by atoms with van der Waals surface area (Å²) in [5.41, 5.74) is 1.55. The number of carbonyl (C=O) groups excluding carboxylic acids is 1. The van der Waals surface area contributed by atoms with E-state index in [9.17, 15) is 4.79 Å². The molecule has 1 aromatic heterocycles. The smallest absolute Gasteiger partial charge is 0.328 e. The number of aromatic nitrogens is 1. The van der Waals surface area contributed by atoms with E-state index < -0.39 is 0 Å². The number of benzene rings is 1. The Morgan fingerprint density at radius 3 is 3.16 bits per heavy atom. The maximum atomic E-state index is 11.9. The number of carbonyl (C=O) groups is 1. The van der Waals surface area contributed by atoms with Gasteiger partial charge in [-0.15, -0.1) is 0 Å². The molecule has 0 bridgehead atoms. The summed E-state index contributed by atoms with van der Waals surface area (Å²) in [4.78, 5) is 18.3. The molecule has 1 aromatic carbocycles. The van der Waals surface area contributed by atoms with E-state index in [0.717, 1.165) is 30.5 Å². The second-order valence-corrected chi connectivity index (χ2v) is 4.57. The number of fused-ring (bicyclic) bond motifs is 1. The molecule has 0 N–H and O–H groups in total. The van der Waals surface area contributed by atoms with Crippen molar-refractivity contribution in [2.75, 3.05) is 18.1 Å². The molecule has 1 saturated heterocycles. The molecule has 1 fully saturated rings. The van der Waals surface area contributed by atoms with E-state index >= 15 is 0 Å². The highest BCUT2D eigenvalue weighted by Crippen LogP contribution is 2.28. The molecule has 1 unspecified atom stereocenters. The second kappa shape index (κ2) is 4.91. The highest BCUT2D eigenvalue weighted by Gasteiger charge is 2.34. The maximum Gasteiger partial charge on any atom is 0.328 e. The van der Waals surface area contributed by atoms with Crippen LogP contribution in [-0.4, -0.2) is 30.1 Å².